The van der Waals surface area contributed by atoms with E-state index < -0.39 is 5.97 Å². The van der Waals surface area contributed by atoms with Crippen molar-refractivity contribution < 1.29 is 14.3 Å². The Morgan fingerprint density at radius 1 is 1.15 bits per heavy atom. The molecule has 0 spiro atoms. The lowest BCUT2D eigenvalue weighted by Crippen LogP contribution is -2.13. The highest BCUT2D eigenvalue weighted by atomic mass is 16.5. The van der Waals surface area contributed by atoms with Gasteiger partial charge in [0.1, 0.15) is 5.82 Å². The average Bonchev–Trinajstić information content (AvgIpc) is 3.09. The zero-order chi connectivity index (χ0) is 19.2. The molecule has 1 aromatic heterocycles. The van der Waals surface area contributed by atoms with Crippen LogP contribution in [0.15, 0.2) is 42.5 Å². The van der Waals surface area contributed by atoms with Gasteiger partial charge in [-0.25, -0.2) is 9.78 Å². The second-order valence-corrected chi connectivity index (χ2v) is 6.24. The highest BCUT2D eigenvalue weighted by molar-refractivity contribution is 5.94. The third kappa shape index (κ3) is 4.73. The molecule has 0 unspecified atom stereocenters. The molecule has 0 saturated heterocycles. The van der Waals surface area contributed by atoms with Crippen molar-refractivity contribution in [3.63, 3.8) is 0 Å². The van der Waals surface area contributed by atoms with Gasteiger partial charge in [0.05, 0.1) is 23.2 Å². The van der Waals surface area contributed by atoms with Gasteiger partial charge in [-0.15, -0.1) is 0 Å². The lowest BCUT2D eigenvalue weighted by Gasteiger charge is -2.07. The SMILES string of the molecule is CCOC(=O)c1cccc(NC(=O)CCc2ccc3nc(CC)[nH]c3c2)c1. The van der Waals surface area contributed by atoms with Crippen molar-refractivity contribution in [1.29, 1.82) is 0 Å². The van der Waals surface area contributed by atoms with E-state index in [4.69, 9.17) is 4.74 Å². The van der Waals surface area contributed by atoms with Crippen molar-refractivity contribution in [2.45, 2.75) is 33.1 Å². The molecule has 2 N–H and O–H groups in total. The average molecular weight is 365 g/mol. The molecule has 6 heteroatoms. The van der Waals surface area contributed by atoms with Gasteiger partial charge in [0.2, 0.25) is 5.91 Å². The first kappa shape index (κ1) is 18.6. The third-order valence-corrected chi connectivity index (χ3v) is 4.23. The normalized spacial score (nSPS) is 10.7. The van der Waals surface area contributed by atoms with Gasteiger partial charge in [-0.1, -0.05) is 19.1 Å². The summed E-state index contributed by atoms with van der Waals surface area (Å²) in [4.78, 5) is 31.8. The molecule has 27 heavy (non-hydrogen) atoms. The van der Waals surface area contributed by atoms with Gasteiger partial charge in [0, 0.05) is 18.5 Å². The summed E-state index contributed by atoms with van der Waals surface area (Å²) in [5.41, 5.74) is 4.01. The minimum absolute atomic E-state index is 0.102. The molecule has 1 amide bonds. The van der Waals surface area contributed by atoms with E-state index in [1.165, 1.54) is 0 Å². The van der Waals surface area contributed by atoms with Gasteiger partial charge in [-0.3, -0.25) is 4.79 Å². The van der Waals surface area contributed by atoms with Crippen molar-refractivity contribution >= 4 is 28.6 Å². The predicted octanol–water partition coefficient (Wildman–Crippen LogP) is 3.87. The number of aromatic amines is 1. The van der Waals surface area contributed by atoms with E-state index in [1.807, 2.05) is 18.2 Å². The summed E-state index contributed by atoms with van der Waals surface area (Å²) < 4.78 is 4.98. The van der Waals surface area contributed by atoms with Crippen LogP contribution in [0.25, 0.3) is 11.0 Å². The number of ether oxygens (including phenoxy) is 1. The molecule has 2 aromatic carbocycles. The summed E-state index contributed by atoms with van der Waals surface area (Å²) >= 11 is 0. The lowest BCUT2D eigenvalue weighted by molar-refractivity contribution is -0.116. The molecule has 140 valence electrons. The van der Waals surface area contributed by atoms with Crippen molar-refractivity contribution in [3.05, 3.63) is 59.4 Å². The molecule has 0 bridgehead atoms. The number of imidazole rings is 1. The number of anilines is 1. The number of aromatic nitrogens is 2. The number of hydrogen-bond acceptors (Lipinski definition) is 4. The highest BCUT2D eigenvalue weighted by Crippen LogP contribution is 2.16. The third-order valence-electron chi connectivity index (χ3n) is 4.23. The summed E-state index contributed by atoms with van der Waals surface area (Å²) in [6.07, 6.45) is 1.83. The van der Waals surface area contributed by atoms with Crippen molar-refractivity contribution in [1.82, 2.24) is 9.97 Å². The molecule has 0 aliphatic rings. The molecule has 6 nitrogen and oxygen atoms in total. The second-order valence-electron chi connectivity index (χ2n) is 6.24. The van der Waals surface area contributed by atoms with Crippen LogP contribution in [0.2, 0.25) is 0 Å². The quantitative estimate of drug-likeness (QED) is 0.623. The summed E-state index contributed by atoms with van der Waals surface area (Å²) in [5, 5.41) is 2.83. The van der Waals surface area contributed by atoms with Gasteiger partial charge in [-0.2, -0.15) is 0 Å². The molecular formula is C21H23N3O3. The first-order valence-corrected chi connectivity index (χ1v) is 9.13. The number of aryl methyl sites for hydroxylation is 2. The zero-order valence-corrected chi connectivity index (χ0v) is 15.5. The molecule has 0 radical (unpaired) electrons. The van der Waals surface area contributed by atoms with Crippen molar-refractivity contribution in [2.75, 3.05) is 11.9 Å². The minimum Gasteiger partial charge on any atom is -0.462 e. The molecule has 0 atom stereocenters. The molecule has 0 aliphatic carbocycles. The first-order chi connectivity index (χ1) is 13.1. The van der Waals surface area contributed by atoms with Crippen LogP contribution in [0, 0.1) is 0 Å². The van der Waals surface area contributed by atoms with Crippen molar-refractivity contribution in [2.24, 2.45) is 0 Å². The van der Waals surface area contributed by atoms with E-state index in [1.54, 1.807) is 31.2 Å². The maximum Gasteiger partial charge on any atom is 0.338 e. The summed E-state index contributed by atoms with van der Waals surface area (Å²) in [7, 11) is 0. The van der Waals surface area contributed by atoms with Gasteiger partial charge in [0.15, 0.2) is 0 Å². The molecule has 3 aromatic rings. The van der Waals surface area contributed by atoms with Crippen LogP contribution >= 0.6 is 0 Å². The molecule has 0 fully saturated rings. The number of rotatable bonds is 7. The molecular weight excluding hydrogens is 342 g/mol. The Balaban J connectivity index is 1.59. The number of carbonyl (C=O) groups excluding carboxylic acids is 2. The maximum absolute atomic E-state index is 12.3. The largest absolute Gasteiger partial charge is 0.462 e. The molecule has 3 rings (SSSR count). The second kappa shape index (κ2) is 8.49. The maximum atomic E-state index is 12.3. The molecule has 0 aliphatic heterocycles. The Bertz CT molecular complexity index is 962. The number of fused-ring (bicyclic) bond motifs is 1. The minimum atomic E-state index is -0.395. The van der Waals surface area contributed by atoms with E-state index >= 15 is 0 Å². The summed E-state index contributed by atoms with van der Waals surface area (Å²) in [6, 6.07) is 12.8. The Hall–Kier alpha value is -3.15. The number of carbonyl (C=O) groups is 2. The van der Waals surface area contributed by atoms with Crippen LogP contribution in [0.4, 0.5) is 5.69 Å². The predicted molar refractivity (Wildman–Crippen MR) is 105 cm³/mol. The fraction of sp³-hybridized carbons (Fsp3) is 0.286. The van der Waals surface area contributed by atoms with Crippen LogP contribution in [0.1, 0.15) is 42.0 Å². The lowest BCUT2D eigenvalue weighted by atomic mass is 10.1. The number of amides is 1. The Labute approximate surface area is 158 Å². The van der Waals surface area contributed by atoms with Crippen LogP contribution in [0.3, 0.4) is 0 Å². The smallest absolute Gasteiger partial charge is 0.338 e. The van der Waals surface area contributed by atoms with Gasteiger partial charge in [-0.05, 0) is 49.2 Å². The summed E-state index contributed by atoms with van der Waals surface area (Å²) in [6.45, 7) is 4.13. The van der Waals surface area contributed by atoms with E-state index in [9.17, 15) is 9.59 Å². The van der Waals surface area contributed by atoms with Gasteiger partial charge in [0.25, 0.3) is 0 Å². The van der Waals surface area contributed by atoms with E-state index in [0.717, 1.165) is 28.8 Å². The Morgan fingerprint density at radius 3 is 2.78 bits per heavy atom. The van der Waals surface area contributed by atoms with E-state index in [2.05, 4.69) is 22.2 Å². The van der Waals surface area contributed by atoms with Crippen molar-refractivity contribution in [3.8, 4) is 0 Å². The number of nitrogens with zero attached hydrogens (tertiary/aromatic N) is 1. The number of H-pyrrole nitrogens is 1. The highest BCUT2D eigenvalue weighted by Gasteiger charge is 2.09. The van der Waals surface area contributed by atoms with Gasteiger partial charge < -0.3 is 15.0 Å². The van der Waals surface area contributed by atoms with Crippen LogP contribution < -0.4 is 5.32 Å². The molecule has 0 saturated carbocycles. The van der Waals surface area contributed by atoms with Crippen LogP contribution in [-0.4, -0.2) is 28.5 Å². The monoisotopic (exact) mass is 365 g/mol. The fourth-order valence-electron chi connectivity index (χ4n) is 2.85. The Morgan fingerprint density at radius 2 is 2.00 bits per heavy atom. The van der Waals surface area contributed by atoms with E-state index in [-0.39, 0.29) is 5.91 Å². The number of benzene rings is 2. The fourth-order valence-corrected chi connectivity index (χ4v) is 2.85. The number of esters is 1. The standard InChI is InChI=1S/C21H23N3O3/c1-3-19-23-17-10-8-14(12-18(17)24-19)9-11-20(25)22-16-7-5-6-15(13-16)21(26)27-4-2/h5-8,10,12-13H,3-4,9,11H2,1-2H3,(H,22,25)(H,23,24). The zero-order valence-electron chi connectivity index (χ0n) is 15.5. The van der Waals surface area contributed by atoms with Crippen LogP contribution in [-0.2, 0) is 22.4 Å². The first-order valence-electron chi connectivity index (χ1n) is 9.13. The van der Waals surface area contributed by atoms with Gasteiger partial charge >= 0.3 is 5.97 Å². The summed E-state index contributed by atoms with van der Waals surface area (Å²) in [5.74, 6) is 0.462. The number of nitrogens with one attached hydrogen (secondary N) is 2. The molecule has 1 heterocycles. The Kier molecular flexibility index (Phi) is 5.86. The van der Waals surface area contributed by atoms with Crippen LogP contribution in [0.5, 0.6) is 0 Å². The van der Waals surface area contributed by atoms with E-state index in [0.29, 0.717) is 30.7 Å². The topological polar surface area (TPSA) is 84.1 Å². The number of hydrogen-bond donors (Lipinski definition) is 2.